The van der Waals surface area contributed by atoms with Gasteiger partial charge in [0.2, 0.25) is 5.91 Å². The van der Waals surface area contributed by atoms with Gasteiger partial charge in [-0.05, 0) is 24.5 Å². The normalized spacial score (nSPS) is 16.0. The molecule has 1 amide bonds. The Morgan fingerprint density at radius 2 is 2.37 bits per heavy atom. The van der Waals surface area contributed by atoms with Crippen molar-refractivity contribution in [1.29, 1.82) is 0 Å². The maximum Gasteiger partial charge on any atom is 0.226 e. The van der Waals surface area contributed by atoms with Crippen molar-refractivity contribution >= 4 is 17.2 Å². The summed E-state index contributed by atoms with van der Waals surface area (Å²) in [7, 11) is 0. The molecule has 19 heavy (non-hydrogen) atoms. The van der Waals surface area contributed by atoms with Crippen molar-refractivity contribution in [1.82, 2.24) is 15.3 Å². The van der Waals surface area contributed by atoms with Gasteiger partial charge in [-0.2, -0.15) is 0 Å². The second-order valence-corrected chi connectivity index (χ2v) is 5.67. The zero-order valence-electron chi connectivity index (χ0n) is 10.5. The molecule has 1 N–H and O–H groups in total. The van der Waals surface area contributed by atoms with E-state index in [1.165, 1.54) is 16.9 Å². The number of pyridine rings is 1. The maximum absolute atomic E-state index is 11.9. The molecule has 0 saturated heterocycles. The summed E-state index contributed by atoms with van der Waals surface area (Å²) in [6, 6.07) is 4.04. The first-order valence-corrected chi connectivity index (χ1v) is 7.27. The number of carbonyl (C=O) groups is 1. The van der Waals surface area contributed by atoms with Gasteiger partial charge in [-0.15, -0.1) is 11.3 Å². The number of hydrogen-bond acceptors (Lipinski definition) is 4. The molecule has 0 unspecified atom stereocenters. The number of amides is 1. The fraction of sp³-hybridized carbons (Fsp3) is 0.357. The van der Waals surface area contributed by atoms with E-state index in [1.54, 1.807) is 11.7 Å². The molecule has 4 nitrogen and oxygen atoms in total. The molecule has 1 aliphatic rings. The topological polar surface area (TPSA) is 54.9 Å². The fourth-order valence-corrected chi connectivity index (χ4v) is 2.77. The lowest BCUT2D eigenvalue weighted by Crippen LogP contribution is -2.33. The van der Waals surface area contributed by atoms with Crippen LogP contribution < -0.4 is 5.32 Å². The highest BCUT2D eigenvalue weighted by Gasteiger charge is 2.44. The minimum absolute atomic E-state index is 0.0427. The highest BCUT2D eigenvalue weighted by Crippen LogP contribution is 2.47. The number of carbonyl (C=O) groups excluding carboxylic acids is 1. The largest absolute Gasteiger partial charge is 0.355 e. The smallest absolute Gasteiger partial charge is 0.226 e. The third-order valence-electron chi connectivity index (χ3n) is 3.58. The first kappa shape index (κ1) is 12.3. The highest BCUT2D eigenvalue weighted by atomic mass is 32.1. The molecule has 2 aromatic heterocycles. The molecule has 5 heteroatoms. The average molecular weight is 273 g/mol. The van der Waals surface area contributed by atoms with E-state index in [2.05, 4.69) is 21.4 Å². The minimum Gasteiger partial charge on any atom is -0.355 e. The molecule has 0 aromatic carbocycles. The van der Waals surface area contributed by atoms with Gasteiger partial charge in [0.25, 0.3) is 0 Å². The molecular weight excluding hydrogens is 258 g/mol. The molecule has 3 rings (SSSR count). The first-order valence-electron chi connectivity index (χ1n) is 6.33. The Bertz CT molecular complexity index is 549. The second-order valence-electron chi connectivity index (χ2n) is 4.96. The Labute approximate surface area is 115 Å². The Morgan fingerprint density at radius 1 is 1.47 bits per heavy atom. The summed E-state index contributed by atoms with van der Waals surface area (Å²) in [5.41, 5.74) is 3.93. The summed E-state index contributed by atoms with van der Waals surface area (Å²) in [4.78, 5) is 20.1. The molecule has 0 aliphatic heterocycles. The zero-order valence-corrected chi connectivity index (χ0v) is 11.3. The van der Waals surface area contributed by atoms with Gasteiger partial charge in [-0.25, -0.2) is 4.98 Å². The maximum atomic E-state index is 11.9. The van der Waals surface area contributed by atoms with Crippen LogP contribution >= 0.6 is 11.3 Å². The fourth-order valence-electron chi connectivity index (χ4n) is 2.21. The Balaban J connectivity index is 1.56. The van der Waals surface area contributed by atoms with Crippen molar-refractivity contribution < 1.29 is 4.79 Å². The second kappa shape index (κ2) is 5.09. The molecule has 1 saturated carbocycles. The summed E-state index contributed by atoms with van der Waals surface area (Å²) in [5, 5.41) is 4.93. The van der Waals surface area contributed by atoms with Gasteiger partial charge in [0.15, 0.2) is 0 Å². The predicted octanol–water partition coefficient (Wildman–Crippen LogP) is 1.93. The monoisotopic (exact) mass is 273 g/mol. The Morgan fingerprint density at radius 3 is 3.00 bits per heavy atom. The van der Waals surface area contributed by atoms with E-state index in [0.717, 1.165) is 18.5 Å². The van der Waals surface area contributed by atoms with E-state index in [9.17, 15) is 4.79 Å². The Kier molecular flexibility index (Phi) is 3.29. The van der Waals surface area contributed by atoms with E-state index in [4.69, 9.17) is 0 Å². The molecule has 2 heterocycles. The number of nitrogens with one attached hydrogen (secondary N) is 1. The molecule has 0 spiro atoms. The van der Waals surface area contributed by atoms with Gasteiger partial charge in [0.1, 0.15) is 0 Å². The minimum atomic E-state index is 0.0427. The van der Waals surface area contributed by atoms with Crippen molar-refractivity contribution in [3.63, 3.8) is 0 Å². The summed E-state index contributed by atoms with van der Waals surface area (Å²) >= 11 is 1.52. The van der Waals surface area contributed by atoms with Crippen LogP contribution in [-0.2, 0) is 16.6 Å². The van der Waals surface area contributed by atoms with Crippen LogP contribution in [0.15, 0.2) is 35.4 Å². The van der Waals surface area contributed by atoms with E-state index >= 15 is 0 Å². The van der Waals surface area contributed by atoms with Crippen LogP contribution in [0.25, 0.3) is 0 Å². The zero-order chi connectivity index (χ0) is 13.1. The van der Waals surface area contributed by atoms with Gasteiger partial charge in [0, 0.05) is 29.7 Å². The van der Waals surface area contributed by atoms with Crippen LogP contribution in [0.3, 0.4) is 0 Å². The number of nitrogens with zero attached hydrogens (tertiary/aromatic N) is 2. The standard InChI is InChI=1S/C14H15N3OS/c18-13(6-12-8-19-10-17-12)16-9-14(3-4-14)11-2-1-5-15-7-11/h1-2,5,7-8,10H,3-4,6,9H2,(H,16,18). The third-order valence-corrected chi connectivity index (χ3v) is 4.21. The lowest BCUT2D eigenvalue weighted by Gasteiger charge is -2.15. The number of aromatic nitrogens is 2. The van der Waals surface area contributed by atoms with Crippen molar-refractivity contribution in [2.45, 2.75) is 24.7 Å². The summed E-state index contributed by atoms with van der Waals surface area (Å²) < 4.78 is 0. The van der Waals surface area contributed by atoms with Crippen LogP contribution in [0.1, 0.15) is 24.1 Å². The van der Waals surface area contributed by atoms with Crippen LogP contribution in [0, 0.1) is 0 Å². The lowest BCUT2D eigenvalue weighted by molar-refractivity contribution is -0.120. The molecule has 0 atom stereocenters. The van der Waals surface area contributed by atoms with Gasteiger partial charge >= 0.3 is 0 Å². The van der Waals surface area contributed by atoms with E-state index in [0.29, 0.717) is 13.0 Å². The summed E-state index contributed by atoms with van der Waals surface area (Å²) in [6.45, 7) is 0.696. The molecule has 0 bridgehead atoms. The van der Waals surface area contributed by atoms with Crippen LogP contribution in [-0.4, -0.2) is 22.4 Å². The molecule has 2 aromatic rings. The van der Waals surface area contributed by atoms with Crippen molar-refractivity contribution in [2.75, 3.05) is 6.54 Å². The molecule has 0 radical (unpaired) electrons. The average Bonchev–Trinajstić information content (AvgIpc) is 3.08. The van der Waals surface area contributed by atoms with Crippen molar-refractivity contribution in [2.24, 2.45) is 0 Å². The van der Waals surface area contributed by atoms with Crippen LogP contribution in [0.2, 0.25) is 0 Å². The van der Waals surface area contributed by atoms with Crippen molar-refractivity contribution in [3.05, 3.63) is 46.7 Å². The van der Waals surface area contributed by atoms with E-state index < -0.39 is 0 Å². The first-order chi connectivity index (χ1) is 9.28. The SMILES string of the molecule is O=C(Cc1cscn1)NCC1(c2cccnc2)CC1. The quantitative estimate of drug-likeness (QED) is 0.905. The highest BCUT2D eigenvalue weighted by molar-refractivity contribution is 7.07. The van der Waals surface area contributed by atoms with Crippen LogP contribution in [0.5, 0.6) is 0 Å². The van der Waals surface area contributed by atoms with Gasteiger partial charge in [0.05, 0.1) is 17.6 Å². The lowest BCUT2D eigenvalue weighted by atomic mass is 9.98. The third kappa shape index (κ3) is 2.81. The number of rotatable bonds is 5. The number of thiazole rings is 1. The predicted molar refractivity (Wildman–Crippen MR) is 74.0 cm³/mol. The molecule has 98 valence electrons. The van der Waals surface area contributed by atoms with E-state index in [1.807, 2.05) is 17.6 Å². The molecule has 1 fully saturated rings. The van der Waals surface area contributed by atoms with Gasteiger partial charge in [-0.3, -0.25) is 9.78 Å². The van der Waals surface area contributed by atoms with E-state index in [-0.39, 0.29) is 11.3 Å². The molecular formula is C14H15N3OS. The summed E-state index contributed by atoms with van der Waals surface area (Å²) in [5.74, 6) is 0.0427. The van der Waals surface area contributed by atoms with Gasteiger partial charge < -0.3 is 5.32 Å². The Hall–Kier alpha value is -1.75. The number of hydrogen-bond donors (Lipinski definition) is 1. The molecule has 1 aliphatic carbocycles. The summed E-state index contributed by atoms with van der Waals surface area (Å²) in [6.07, 6.45) is 6.29. The van der Waals surface area contributed by atoms with Gasteiger partial charge in [-0.1, -0.05) is 6.07 Å². The van der Waals surface area contributed by atoms with Crippen molar-refractivity contribution in [3.8, 4) is 0 Å². The van der Waals surface area contributed by atoms with Crippen LogP contribution in [0.4, 0.5) is 0 Å².